The first-order valence-corrected chi connectivity index (χ1v) is 14.9. The van der Waals surface area contributed by atoms with E-state index in [1.54, 1.807) is 17.8 Å². The largest absolute Gasteiger partial charge is 0.262 e. The van der Waals surface area contributed by atoms with Gasteiger partial charge in [0.2, 0.25) is 10.0 Å². The van der Waals surface area contributed by atoms with E-state index < -0.39 is 21.7 Å². The molecule has 2 N–H and O–H groups in total. The van der Waals surface area contributed by atoms with E-state index in [2.05, 4.69) is 22.3 Å². The fourth-order valence-electron chi connectivity index (χ4n) is 4.10. The highest BCUT2D eigenvalue weighted by Crippen LogP contribution is 2.38. The number of aromatic nitrogens is 2. The van der Waals surface area contributed by atoms with Crippen LogP contribution in [-0.2, 0) is 28.7 Å². The van der Waals surface area contributed by atoms with E-state index in [4.69, 9.17) is 0 Å². The molecule has 0 spiro atoms. The maximum atomic E-state index is 14.6. The Hall–Kier alpha value is -2.34. The molecule has 6 nitrogen and oxygen atoms in total. The molecule has 3 rings (SSSR count). The van der Waals surface area contributed by atoms with Crippen LogP contribution in [0.15, 0.2) is 53.5 Å². The van der Waals surface area contributed by atoms with Gasteiger partial charge in [0, 0.05) is 46.7 Å². The molecule has 1 aliphatic rings. The summed E-state index contributed by atoms with van der Waals surface area (Å²) in [6, 6.07) is 6.32. The molecule has 0 aliphatic carbocycles. The predicted octanol–water partition coefficient (Wildman–Crippen LogP) is 5.91. The Morgan fingerprint density at radius 3 is 2.84 bits per heavy atom. The number of hydrogen-bond donors (Lipinski definition) is 2. The van der Waals surface area contributed by atoms with Gasteiger partial charge in [-0.05, 0) is 43.5 Å². The summed E-state index contributed by atoms with van der Waals surface area (Å²) in [5.74, 6) is -0.603. The summed E-state index contributed by atoms with van der Waals surface area (Å²) in [5.41, 5.74) is 5.44. The highest BCUT2D eigenvalue weighted by atomic mass is 32.2. The van der Waals surface area contributed by atoms with Crippen molar-refractivity contribution in [3.8, 4) is 0 Å². The molecule has 0 radical (unpaired) electrons. The molecule has 0 bridgehead atoms. The third-order valence-corrected chi connectivity index (χ3v) is 7.90. The van der Waals surface area contributed by atoms with Crippen LogP contribution in [-0.4, -0.2) is 30.5 Å². The lowest BCUT2D eigenvalue weighted by Gasteiger charge is -2.24. The zero-order valence-electron chi connectivity index (χ0n) is 21.0. The van der Waals surface area contributed by atoms with Crippen LogP contribution in [0.1, 0.15) is 61.5 Å². The molecule has 11 heteroatoms. The monoisotopic (exact) mass is 554 g/mol. The van der Waals surface area contributed by atoms with Crippen LogP contribution in [0.3, 0.4) is 0 Å². The van der Waals surface area contributed by atoms with Gasteiger partial charge < -0.3 is 0 Å². The van der Waals surface area contributed by atoms with Gasteiger partial charge in [-0.3, -0.25) is 4.68 Å². The number of thioether (sulfide) groups is 1. The minimum Gasteiger partial charge on any atom is -0.262 e. The van der Waals surface area contributed by atoms with Crippen LogP contribution in [0.25, 0.3) is 6.08 Å². The number of rotatable bonds is 13. The van der Waals surface area contributed by atoms with Gasteiger partial charge in [-0.2, -0.15) is 16.9 Å². The van der Waals surface area contributed by atoms with E-state index in [-0.39, 0.29) is 18.3 Å². The number of hydrazine groups is 1. The van der Waals surface area contributed by atoms with Gasteiger partial charge in [0.1, 0.15) is 17.5 Å². The van der Waals surface area contributed by atoms with Crippen LogP contribution in [0.4, 0.5) is 13.2 Å². The number of nitrogens with one attached hydrogen (secondary N) is 2. The summed E-state index contributed by atoms with van der Waals surface area (Å²) in [4.78, 5) is 2.33. The summed E-state index contributed by atoms with van der Waals surface area (Å²) in [6.07, 6.45) is 6.72. The Bertz CT molecular complexity index is 1260. The molecule has 0 saturated heterocycles. The molecule has 0 fully saturated rings. The highest BCUT2D eigenvalue weighted by molar-refractivity contribution is 7.98. The van der Waals surface area contributed by atoms with Gasteiger partial charge >= 0.3 is 0 Å². The second kappa shape index (κ2) is 14.0. The maximum Gasteiger partial charge on any atom is 0.246 e. The average Bonchev–Trinajstić information content (AvgIpc) is 3.20. The van der Waals surface area contributed by atoms with Gasteiger partial charge in [0.15, 0.2) is 0 Å². The van der Waals surface area contributed by atoms with Crippen LogP contribution in [0, 0.1) is 5.82 Å². The SMILES string of the molecule is C/C=C(F)\C=C(\F)Cn1nc(/C=C/S(=O)(=O)NNCCCCC)c2c1C(Cc1cccc(F)c1)CSC2. The summed E-state index contributed by atoms with van der Waals surface area (Å²) in [6.45, 7) is 3.74. The quantitative estimate of drug-likeness (QED) is 0.183. The summed E-state index contributed by atoms with van der Waals surface area (Å²) in [7, 11) is -3.78. The van der Waals surface area contributed by atoms with Crippen molar-refractivity contribution in [3.05, 3.63) is 81.8 Å². The minimum absolute atomic E-state index is 0.112. The molecule has 1 atom stereocenters. The molecule has 1 unspecified atom stereocenters. The molecule has 202 valence electrons. The first-order chi connectivity index (χ1) is 17.7. The number of halogens is 3. The van der Waals surface area contributed by atoms with Crippen molar-refractivity contribution in [2.24, 2.45) is 0 Å². The van der Waals surface area contributed by atoms with Crippen molar-refractivity contribution in [1.82, 2.24) is 20.0 Å². The van der Waals surface area contributed by atoms with E-state index in [0.717, 1.165) is 53.6 Å². The summed E-state index contributed by atoms with van der Waals surface area (Å²) < 4.78 is 68.4. The molecule has 37 heavy (non-hydrogen) atoms. The molecule has 0 saturated carbocycles. The molecule has 1 aliphatic heterocycles. The highest BCUT2D eigenvalue weighted by Gasteiger charge is 2.29. The van der Waals surface area contributed by atoms with Gasteiger partial charge in [-0.25, -0.2) is 27.0 Å². The fraction of sp³-hybridized carbons (Fsp3) is 0.423. The molecular formula is C26H33F3N4O2S2. The summed E-state index contributed by atoms with van der Waals surface area (Å²) >= 11 is 1.65. The molecule has 0 amide bonds. The van der Waals surface area contributed by atoms with E-state index in [0.29, 0.717) is 30.2 Å². The van der Waals surface area contributed by atoms with Crippen LogP contribution >= 0.6 is 11.8 Å². The van der Waals surface area contributed by atoms with Crippen LogP contribution < -0.4 is 10.3 Å². The van der Waals surface area contributed by atoms with Gasteiger partial charge in [-0.1, -0.05) is 38.0 Å². The number of fused-ring (bicyclic) bond motifs is 1. The standard InChI is InChI=1S/C26H33F3N4O2S2/c1-3-5-6-11-30-32-37(34,35)12-10-25-24-18-36-17-20(13-19-8-7-9-22(28)14-19)26(24)33(31-25)16-23(29)15-21(27)4-2/h4,7-10,12,14-15,20,30,32H,3,5-6,11,13,16-18H2,1-2H3/b12-10+,21-4+,23-15+. The zero-order valence-corrected chi connectivity index (χ0v) is 22.6. The number of hydrogen-bond acceptors (Lipinski definition) is 5. The van der Waals surface area contributed by atoms with E-state index in [1.807, 2.05) is 6.07 Å². The third-order valence-electron chi connectivity index (χ3n) is 5.84. The van der Waals surface area contributed by atoms with Crippen molar-refractivity contribution in [2.75, 3.05) is 12.3 Å². The van der Waals surface area contributed by atoms with Crippen molar-refractivity contribution in [3.63, 3.8) is 0 Å². The lowest BCUT2D eigenvalue weighted by atomic mass is 9.94. The normalized spacial score (nSPS) is 16.9. The van der Waals surface area contributed by atoms with Crippen molar-refractivity contribution < 1.29 is 21.6 Å². The van der Waals surface area contributed by atoms with Crippen LogP contribution in [0.2, 0.25) is 0 Å². The average molecular weight is 555 g/mol. The van der Waals surface area contributed by atoms with Crippen LogP contribution in [0.5, 0.6) is 0 Å². The summed E-state index contributed by atoms with van der Waals surface area (Å²) in [5, 5.41) is 5.53. The Morgan fingerprint density at radius 1 is 1.30 bits per heavy atom. The third kappa shape index (κ3) is 8.87. The maximum absolute atomic E-state index is 14.6. The number of allylic oxidation sites excluding steroid dienone is 4. The molecular weight excluding hydrogens is 521 g/mol. The molecule has 2 aromatic rings. The first-order valence-electron chi connectivity index (χ1n) is 12.2. The smallest absolute Gasteiger partial charge is 0.246 e. The Kier molecular flexibility index (Phi) is 11.0. The molecule has 1 aromatic carbocycles. The predicted molar refractivity (Wildman–Crippen MR) is 144 cm³/mol. The van der Waals surface area contributed by atoms with Crippen molar-refractivity contribution >= 4 is 27.9 Å². The number of unbranched alkanes of at least 4 members (excludes halogenated alkanes) is 2. The van der Waals surface area contributed by atoms with E-state index in [9.17, 15) is 21.6 Å². The second-order valence-electron chi connectivity index (χ2n) is 8.80. The van der Waals surface area contributed by atoms with E-state index in [1.165, 1.54) is 29.8 Å². The number of nitrogens with zero attached hydrogens (tertiary/aromatic N) is 2. The lowest BCUT2D eigenvalue weighted by Crippen LogP contribution is -2.36. The molecule has 2 heterocycles. The minimum atomic E-state index is -3.78. The number of sulfonamides is 1. The zero-order chi connectivity index (χ0) is 26.8. The number of benzene rings is 1. The molecule has 1 aromatic heterocycles. The van der Waals surface area contributed by atoms with Crippen molar-refractivity contribution in [2.45, 2.75) is 57.7 Å². The van der Waals surface area contributed by atoms with Gasteiger partial charge in [-0.15, -0.1) is 4.83 Å². The van der Waals surface area contributed by atoms with E-state index >= 15 is 0 Å². The van der Waals surface area contributed by atoms with Gasteiger partial charge in [0.25, 0.3) is 0 Å². The van der Waals surface area contributed by atoms with Gasteiger partial charge in [0.05, 0.1) is 12.2 Å². The Labute approximate surface area is 221 Å². The fourth-order valence-corrected chi connectivity index (χ4v) is 5.96. The Balaban J connectivity index is 1.90. The lowest BCUT2D eigenvalue weighted by molar-refractivity contribution is 0.497. The van der Waals surface area contributed by atoms with Crippen molar-refractivity contribution in [1.29, 1.82) is 0 Å². The first kappa shape index (κ1) is 29.2. The topological polar surface area (TPSA) is 76.0 Å². The Morgan fingerprint density at radius 2 is 2.11 bits per heavy atom. The second-order valence-corrected chi connectivity index (χ2v) is 11.4.